The molecule has 0 aliphatic carbocycles. The van der Waals surface area contributed by atoms with Gasteiger partial charge >= 0.3 is 0 Å². The summed E-state index contributed by atoms with van der Waals surface area (Å²) in [6, 6.07) is 0. The van der Waals surface area contributed by atoms with Crippen molar-refractivity contribution in [2.75, 3.05) is 26.3 Å². The van der Waals surface area contributed by atoms with Gasteiger partial charge in [-0.1, -0.05) is 5.16 Å². The maximum atomic E-state index is 12.8. The molecule has 2 saturated heterocycles. The van der Waals surface area contributed by atoms with Gasteiger partial charge in [-0.15, -0.1) is 0 Å². The number of amides is 1. The van der Waals surface area contributed by atoms with E-state index in [1.54, 1.807) is 6.20 Å². The van der Waals surface area contributed by atoms with Gasteiger partial charge in [0, 0.05) is 50.9 Å². The number of likely N-dealkylation sites (tertiary alicyclic amines) is 1. The Morgan fingerprint density at radius 3 is 2.86 bits per heavy atom. The fraction of sp³-hybridized carbons (Fsp3) is 0.700. The predicted molar refractivity (Wildman–Crippen MR) is 102 cm³/mol. The van der Waals surface area contributed by atoms with E-state index < -0.39 is 0 Å². The molecule has 2 aliphatic rings. The van der Waals surface area contributed by atoms with Gasteiger partial charge in [-0.05, 0) is 45.4 Å². The second-order valence-corrected chi connectivity index (χ2v) is 7.84. The first-order valence-corrected chi connectivity index (χ1v) is 10.4. The molecule has 8 heteroatoms. The summed E-state index contributed by atoms with van der Waals surface area (Å²) in [4.78, 5) is 19.4. The van der Waals surface area contributed by atoms with Gasteiger partial charge in [0.25, 0.3) is 5.91 Å². The third-order valence-electron chi connectivity index (χ3n) is 6.04. The van der Waals surface area contributed by atoms with E-state index in [0.29, 0.717) is 11.8 Å². The van der Waals surface area contributed by atoms with E-state index >= 15 is 0 Å². The van der Waals surface area contributed by atoms with Crippen LogP contribution < -0.4 is 0 Å². The molecule has 1 unspecified atom stereocenters. The summed E-state index contributed by atoms with van der Waals surface area (Å²) < 4.78 is 12.7. The van der Waals surface area contributed by atoms with Crippen molar-refractivity contribution in [2.45, 2.75) is 58.4 Å². The lowest BCUT2D eigenvalue weighted by Crippen LogP contribution is -2.29. The summed E-state index contributed by atoms with van der Waals surface area (Å²) in [7, 11) is 0. The summed E-state index contributed by atoms with van der Waals surface area (Å²) >= 11 is 0. The lowest BCUT2D eigenvalue weighted by molar-refractivity contribution is 0.0778. The average molecular weight is 387 g/mol. The van der Waals surface area contributed by atoms with Gasteiger partial charge < -0.3 is 14.2 Å². The van der Waals surface area contributed by atoms with Gasteiger partial charge in [-0.3, -0.25) is 9.48 Å². The Morgan fingerprint density at radius 1 is 1.29 bits per heavy atom. The van der Waals surface area contributed by atoms with Crippen molar-refractivity contribution in [1.82, 2.24) is 24.8 Å². The number of ether oxygens (including phenoxy) is 1. The first-order chi connectivity index (χ1) is 13.7. The van der Waals surface area contributed by atoms with Gasteiger partial charge in [-0.2, -0.15) is 10.1 Å². The highest BCUT2D eigenvalue weighted by atomic mass is 16.5. The van der Waals surface area contributed by atoms with Gasteiger partial charge in [0.2, 0.25) is 5.89 Å². The van der Waals surface area contributed by atoms with E-state index in [1.165, 1.54) is 0 Å². The normalized spacial score (nSPS) is 20.8. The molecule has 2 fully saturated rings. The van der Waals surface area contributed by atoms with E-state index in [4.69, 9.17) is 9.26 Å². The summed E-state index contributed by atoms with van der Waals surface area (Å²) in [5.41, 5.74) is 1.67. The van der Waals surface area contributed by atoms with Crippen LogP contribution in [0.5, 0.6) is 0 Å². The Bertz CT molecular complexity index is 809. The minimum atomic E-state index is 0.0982. The van der Waals surface area contributed by atoms with E-state index in [9.17, 15) is 4.79 Å². The maximum Gasteiger partial charge on any atom is 0.257 e. The van der Waals surface area contributed by atoms with Crippen LogP contribution >= 0.6 is 0 Å². The molecule has 0 N–H and O–H groups in total. The highest BCUT2D eigenvalue weighted by Gasteiger charge is 2.29. The predicted octanol–water partition coefficient (Wildman–Crippen LogP) is 2.58. The molecular formula is C20H29N5O3. The molecule has 0 saturated carbocycles. The fourth-order valence-electron chi connectivity index (χ4n) is 4.21. The standard InChI is InChI=1S/C20H29N5O3/c1-3-25-14(2)17(12-21-25)20(26)24-9-6-15(13-24)4-5-18-22-19(28-23-18)16-7-10-27-11-8-16/h12,15-16H,3-11,13H2,1-2H3. The minimum Gasteiger partial charge on any atom is -0.381 e. The molecule has 0 aromatic carbocycles. The highest BCUT2D eigenvalue weighted by molar-refractivity contribution is 5.95. The molecule has 2 aliphatic heterocycles. The maximum absolute atomic E-state index is 12.8. The van der Waals surface area contributed by atoms with Crippen molar-refractivity contribution in [3.63, 3.8) is 0 Å². The van der Waals surface area contributed by atoms with Gasteiger partial charge in [-0.25, -0.2) is 0 Å². The number of carbonyl (C=O) groups excluding carboxylic acids is 1. The molecule has 0 spiro atoms. The third kappa shape index (κ3) is 3.97. The number of carbonyl (C=O) groups is 1. The van der Waals surface area contributed by atoms with Crippen LogP contribution in [-0.2, 0) is 17.7 Å². The Hall–Kier alpha value is -2.22. The SMILES string of the molecule is CCn1ncc(C(=O)N2CCC(CCc3noc(C4CCOCC4)n3)C2)c1C. The van der Waals surface area contributed by atoms with Crippen molar-refractivity contribution < 1.29 is 14.1 Å². The molecule has 1 atom stereocenters. The number of aryl methyl sites for hydroxylation is 2. The zero-order chi connectivity index (χ0) is 19.5. The third-order valence-corrected chi connectivity index (χ3v) is 6.04. The molecule has 28 heavy (non-hydrogen) atoms. The monoisotopic (exact) mass is 387 g/mol. The Labute approximate surface area is 165 Å². The van der Waals surface area contributed by atoms with Crippen molar-refractivity contribution in [3.05, 3.63) is 29.2 Å². The van der Waals surface area contributed by atoms with Crippen molar-refractivity contribution in [2.24, 2.45) is 5.92 Å². The second kappa shape index (κ2) is 8.43. The smallest absolute Gasteiger partial charge is 0.257 e. The molecule has 2 aromatic heterocycles. The molecule has 1 amide bonds. The summed E-state index contributed by atoms with van der Waals surface area (Å²) in [6.07, 6.45) is 6.41. The lowest BCUT2D eigenvalue weighted by Gasteiger charge is -2.18. The first kappa shape index (κ1) is 19.1. The van der Waals surface area contributed by atoms with Crippen LogP contribution in [0.2, 0.25) is 0 Å². The molecule has 152 valence electrons. The molecule has 2 aromatic rings. The van der Waals surface area contributed by atoms with Crippen molar-refractivity contribution in [3.8, 4) is 0 Å². The summed E-state index contributed by atoms with van der Waals surface area (Å²) in [5, 5.41) is 8.46. The zero-order valence-electron chi connectivity index (χ0n) is 16.8. The van der Waals surface area contributed by atoms with Gasteiger partial charge in [0.15, 0.2) is 5.82 Å². The Balaban J connectivity index is 1.28. The van der Waals surface area contributed by atoms with E-state index in [1.807, 2.05) is 23.4 Å². The van der Waals surface area contributed by atoms with Crippen LogP contribution in [0.4, 0.5) is 0 Å². The topological polar surface area (TPSA) is 86.3 Å². The molecule has 0 bridgehead atoms. The van der Waals surface area contributed by atoms with Crippen molar-refractivity contribution >= 4 is 5.91 Å². The molecule has 8 nitrogen and oxygen atoms in total. The number of hydrogen-bond acceptors (Lipinski definition) is 6. The van der Waals surface area contributed by atoms with Gasteiger partial charge in [0.1, 0.15) is 0 Å². The largest absolute Gasteiger partial charge is 0.381 e. The fourth-order valence-corrected chi connectivity index (χ4v) is 4.21. The van der Waals surface area contributed by atoms with Crippen LogP contribution in [0.3, 0.4) is 0 Å². The van der Waals surface area contributed by atoms with Crippen LogP contribution in [-0.4, -0.2) is 57.0 Å². The van der Waals surface area contributed by atoms with E-state index in [0.717, 1.165) is 87.9 Å². The number of nitrogens with zero attached hydrogens (tertiary/aromatic N) is 5. The first-order valence-electron chi connectivity index (χ1n) is 10.4. The molecule has 0 radical (unpaired) electrons. The second-order valence-electron chi connectivity index (χ2n) is 7.84. The highest BCUT2D eigenvalue weighted by Crippen LogP contribution is 2.27. The van der Waals surface area contributed by atoms with Crippen LogP contribution in [0, 0.1) is 12.8 Å². The van der Waals surface area contributed by atoms with E-state index in [2.05, 4.69) is 15.2 Å². The van der Waals surface area contributed by atoms with Crippen LogP contribution in [0.15, 0.2) is 10.7 Å². The summed E-state index contributed by atoms with van der Waals surface area (Å²) in [5.74, 6) is 2.45. The van der Waals surface area contributed by atoms with Gasteiger partial charge in [0.05, 0.1) is 11.8 Å². The van der Waals surface area contributed by atoms with Crippen LogP contribution in [0.1, 0.15) is 66.3 Å². The number of hydrogen-bond donors (Lipinski definition) is 0. The van der Waals surface area contributed by atoms with E-state index in [-0.39, 0.29) is 5.91 Å². The minimum absolute atomic E-state index is 0.0982. The van der Waals surface area contributed by atoms with Crippen LogP contribution in [0.25, 0.3) is 0 Å². The lowest BCUT2D eigenvalue weighted by atomic mass is 10.0. The summed E-state index contributed by atoms with van der Waals surface area (Å²) in [6.45, 7) is 7.91. The number of aromatic nitrogens is 4. The molecule has 4 rings (SSSR count). The Morgan fingerprint density at radius 2 is 2.11 bits per heavy atom. The average Bonchev–Trinajstić information content (AvgIpc) is 3.46. The zero-order valence-corrected chi connectivity index (χ0v) is 16.8. The molecule has 4 heterocycles. The van der Waals surface area contributed by atoms with Crippen molar-refractivity contribution in [1.29, 1.82) is 0 Å². The molecular weight excluding hydrogens is 358 g/mol. The number of rotatable bonds is 6. The Kier molecular flexibility index (Phi) is 5.75. The quantitative estimate of drug-likeness (QED) is 0.757.